The summed E-state index contributed by atoms with van der Waals surface area (Å²) < 4.78 is 37.9. The Hall–Kier alpha value is -3.53. The smallest absolute Gasteiger partial charge is 0.341 e. The largest absolute Gasteiger partial charge is 0.416 e. The first-order valence-electron chi connectivity index (χ1n) is 7.77. The van der Waals surface area contributed by atoms with E-state index < -0.39 is 17.6 Å². The summed E-state index contributed by atoms with van der Waals surface area (Å²) in [7, 11) is 0. The van der Waals surface area contributed by atoms with E-state index in [1.165, 1.54) is 24.3 Å². The van der Waals surface area contributed by atoms with Gasteiger partial charge < -0.3 is 10.6 Å². The summed E-state index contributed by atoms with van der Waals surface area (Å²) in [6.45, 7) is 3.31. The molecule has 0 fully saturated rings. The van der Waals surface area contributed by atoms with Gasteiger partial charge in [0.25, 0.3) is 5.91 Å². The van der Waals surface area contributed by atoms with Gasteiger partial charge in [0, 0.05) is 16.8 Å². The Bertz CT molecular complexity index is 907. The highest BCUT2D eigenvalue weighted by Gasteiger charge is 2.30. The van der Waals surface area contributed by atoms with Gasteiger partial charge in [0.05, 0.1) is 12.1 Å². The molecule has 0 aliphatic carbocycles. The first kappa shape index (κ1) is 19.8. The number of nitrogens with one attached hydrogen (secondary N) is 2. The lowest BCUT2D eigenvalue weighted by molar-refractivity contribution is -0.137. The van der Waals surface area contributed by atoms with E-state index in [1.54, 1.807) is 12.1 Å². The van der Waals surface area contributed by atoms with E-state index in [2.05, 4.69) is 29.1 Å². The van der Waals surface area contributed by atoms with Crippen LogP contribution in [-0.4, -0.2) is 18.4 Å². The maximum absolute atomic E-state index is 12.6. The van der Waals surface area contributed by atoms with Crippen molar-refractivity contribution < 1.29 is 22.8 Å². The SMILES string of the molecule is C=CC(=O)Nc1ccc(C(=O)NCC#Cc2cccc(C(F)(F)F)c2)cc1. The number of hydrogen-bond acceptors (Lipinski definition) is 2. The lowest BCUT2D eigenvalue weighted by atomic mass is 10.1. The summed E-state index contributed by atoms with van der Waals surface area (Å²) in [6, 6.07) is 10.8. The average Bonchev–Trinajstić information content (AvgIpc) is 2.65. The minimum absolute atomic E-state index is 0.0238. The maximum atomic E-state index is 12.6. The molecule has 0 spiro atoms. The van der Waals surface area contributed by atoms with Gasteiger partial charge in [0.2, 0.25) is 5.91 Å². The fourth-order valence-corrected chi connectivity index (χ4v) is 2.04. The third-order valence-corrected chi connectivity index (χ3v) is 3.36. The molecular formula is C20H15F3N2O2. The van der Waals surface area contributed by atoms with Crippen LogP contribution in [0.5, 0.6) is 0 Å². The van der Waals surface area contributed by atoms with Crippen LogP contribution in [0, 0.1) is 11.8 Å². The molecule has 2 amide bonds. The first-order chi connectivity index (χ1) is 12.8. The molecule has 138 valence electrons. The van der Waals surface area contributed by atoms with Gasteiger partial charge in [-0.15, -0.1) is 0 Å². The van der Waals surface area contributed by atoms with Gasteiger partial charge in [-0.2, -0.15) is 13.2 Å². The van der Waals surface area contributed by atoms with E-state index in [1.807, 2.05) is 0 Å². The van der Waals surface area contributed by atoms with Gasteiger partial charge in [0.1, 0.15) is 0 Å². The summed E-state index contributed by atoms with van der Waals surface area (Å²) in [4.78, 5) is 23.2. The second-order valence-corrected chi connectivity index (χ2v) is 5.33. The molecule has 0 aliphatic rings. The molecule has 0 aliphatic heterocycles. The topological polar surface area (TPSA) is 58.2 Å². The van der Waals surface area contributed by atoms with E-state index in [-0.39, 0.29) is 18.0 Å². The van der Waals surface area contributed by atoms with E-state index in [9.17, 15) is 22.8 Å². The van der Waals surface area contributed by atoms with Crippen molar-refractivity contribution in [3.05, 3.63) is 77.9 Å². The molecular weight excluding hydrogens is 357 g/mol. The minimum Gasteiger partial charge on any atom is -0.341 e. The summed E-state index contributed by atoms with van der Waals surface area (Å²) >= 11 is 0. The van der Waals surface area contributed by atoms with Gasteiger partial charge in [-0.1, -0.05) is 24.5 Å². The Kier molecular flexibility index (Phi) is 6.39. The summed E-state index contributed by atoms with van der Waals surface area (Å²) in [5, 5.41) is 5.10. The molecule has 2 N–H and O–H groups in total. The van der Waals surface area contributed by atoms with Crippen molar-refractivity contribution in [3.63, 3.8) is 0 Å². The third kappa shape index (κ3) is 6.04. The highest BCUT2D eigenvalue weighted by atomic mass is 19.4. The molecule has 0 unspecified atom stereocenters. The van der Waals surface area contributed by atoms with Crippen LogP contribution in [0.1, 0.15) is 21.5 Å². The van der Waals surface area contributed by atoms with Crippen LogP contribution in [0.4, 0.5) is 18.9 Å². The minimum atomic E-state index is -4.43. The van der Waals surface area contributed by atoms with Crippen LogP contribution in [0.25, 0.3) is 0 Å². The molecule has 0 atom stereocenters. The molecule has 2 rings (SSSR count). The average molecular weight is 372 g/mol. The highest BCUT2D eigenvalue weighted by Crippen LogP contribution is 2.29. The number of benzene rings is 2. The fourth-order valence-electron chi connectivity index (χ4n) is 2.04. The molecule has 0 aromatic heterocycles. The second-order valence-electron chi connectivity index (χ2n) is 5.33. The van der Waals surface area contributed by atoms with Gasteiger partial charge in [-0.05, 0) is 48.5 Å². The van der Waals surface area contributed by atoms with Crippen molar-refractivity contribution in [1.29, 1.82) is 0 Å². The van der Waals surface area contributed by atoms with Gasteiger partial charge in [-0.25, -0.2) is 0 Å². The Balaban J connectivity index is 1.92. The number of anilines is 1. The highest BCUT2D eigenvalue weighted by molar-refractivity contribution is 5.99. The molecule has 2 aromatic carbocycles. The molecule has 2 aromatic rings. The Labute approximate surface area is 154 Å². The quantitative estimate of drug-likeness (QED) is 0.636. The number of halogens is 3. The molecule has 0 bridgehead atoms. The summed E-state index contributed by atoms with van der Waals surface area (Å²) in [6.07, 6.45) is -3.30. The van der Waals surface area contributed by atoms with Crippen molar-refractivity contribution in [2.45, 2.75) is 6.18 Å². The number of rotatable bonds is 4. The molecule has 7 heteroatoms. The van der Waals surface area contributed by atoms with Crippen molar-refractivity contribution >= 4 is 17.5 Å². The third-order valence-electron chi connectivity index (χ3n) is 3.36. The van der Waals surface area contributed by atoms with Crippen LogP contribution in [0.2, 0.25) is 0 Å². The summed E-state index contributed by atoms with van der Waals surface area (Å²) in [5.74, 6) is 4.43. The number of carbonyl (C=O) groups excluding carboxylic acids is 2. The van der Waals surface area contributed by atoms with Crippen LogP contribution >= 0.6 is 0 Å². The summed E-state index contributed by atoms with van der Waals surface area (Å²) in [5.41, 5.74) is 0.302. The van der Waals surface area contributed by atoms with Crippen molar-refractivity contribution in [1.82, 2.24) is 5.32 Å². The predicted octanol–water partition coefficient (Wildman–Crippen LogP) is 3.61. The standard InChI is InChI=1S/C20H15F3N2O2/c1-2-18(26)25-17-10-8-15(9-11-17)19(27)24-12-4-6-14-5-3-7-16(13-14)20(21,22)23/h2-3,5,7-11,13H,1,12H2,(H,24,27)(H,25,26). The molecule has 27 heavy (non-hydrogen) atoms. The number of alkyl halides is 3. The maximum Gasteiger partial charge on any atom is 0.416 e. The Morgan fingerprint density at radius 3 is 2.44 bits per heavy atom. The zero-order valence-corrected chi connectivity index (χ0v) is 14.1. The lowest BCUT2D eigenvalue weighted by Crippen LogP contribution is -2.23. The zero-order valence-electron chi connectivity index (χ0n) is 14.1. The molecule has 0 saturated carbocycles. The molecule has 0 saturated heterocycles. The van der Waals surface area contributed by atoms with E-state index in [4.69, 9.17) is 0 Å². The Morgan fingerprint density at radius 1 is 1.11 bits per heavy atom. The number of amides is 2. The van der Waals surface area contributed by atoms with Crippen molar-refractivity contribution in [3.8, 4) is 11.8 Å². The normalized spacial score (nSPS) is 10.3. The van der Waals surface area contributed by atoms with E-state index in [0.717, 1.165) is 18.2 Å². The monoisotopic (exact) mass is 372 g/mol. The van der Waals surface area contributed by atoms with Crippen LogP contribution in [0.15, 0.2) is 61.2 Å². The fraction of sp³-hybridized carbons (Fsp3) is 0.100. The van der Waals surface area contributed by atoms with Crippen LogP contribution < -0.4 is 10.6 Å². The second kappa shape index (κ2) is 8.72. The Morgan fingerprint density at radius 2 is 1.81 bits per heavy atom. The van der Waals surface area contributed by atoms with Crippen molar-refractivity contribution in [2.75, 3.05) is 11.9 Å². The zero-order chi connectivity index (χ0) is 19.9. The first-order valence-corrected chi connectivity index (χ1v) is 7.77. The molecule has 0 heterocycles. The molecule has 4 nitrogen and oxygen atoms in total. The van der Waals surface area contributed by atoms with Crippen LogP contribution in [-0.2, 0) is 11.0 Å². The van der Waals surface area contributed by atoms with E-state index in [0.29, 0.717) is 11.3 Å². The molecule has 0 radical (unpaired) electrons. The van der Waals surface area contributed by atoms with Gasteiger partial charge >= 0.3 is 6.18 Å². The van der Waals surface area contributed by atoms with Crippen molar-refractivity contribution in [2.24, 2.45) is 0 Å². The van der Waals surface area contributed by atoms with Gasteiger partial charge in [-0.3, -0.25) is 9.59 Å². The number of hydrogen-bond donors (Lipinski definition) is 2. The van der Waals surface area contributed by atoms with E-state index >= 15 is 0 Å². The van der Waals surface area contributed by atoms with Crippen LogP contribution in [0.3, 0.4) is 0 Å². The number of carbonyl (C=O) groups is 2. The lowest BCUT2D eigenvalue weighted by Gasteiger charge is -2.06. The predicted molar refractivity (Wildman–Crippen MR) is 95.9 cm³/mol. The van der Waals surface area contributed by atoms with Gasteiger partial charge in [0.15, 0.2) is 0 Å².